The first kappa shape index (κ1) is 19.9. The lowest BCUT2D eigenvalue weighted by Gasteiger charge is -2.07. The van der Waals surface area contributed by atoms with Crippen LogP contribution in [0, 0.1) is 0 Å². The van der Waals surface area contributed by atoms with Gasteiger partial charge in [0.25, 0.3) is 5.91 Å². The van der Waals surface area contributed by atoms with Gasteiger partial charge in [-0.3, -0.25) is 4.79 Å². The van der Waals surface area contributed by atoms with E-state index in [1.165, 1.54) is 7.11 Å². The molecule has 0 radical (unpaired) electrons. The summed E-state index contributed by atoms with van der Waals surface area (Å²) in [6.07, 6.45) is 3.17. The number of benzene rings is 1. The summed E-state index contributed by atoms with van der Waals surface area (Å²) in [7, 11) is 1.24. The SMILES string of the molecule is COC(=O)C1=C(O)/C(=C/c2ccc(OCC(=O)NCc3ccco3)cc2)N=C1C. The molecule has 8 nitrogen and oxygen atoms in total. The number of carbonyl (C=O) groups is 2. The number of ether oxygens (including phenoxy) is 2. The smallest absolute Gasteiger partial charge is 0.343 e. The van der Waals surface area contributed by atoms with Gasteiger partial charge in [-0.15, -0.1) is 0 Å². The van der Waals surface area contributed by atoms with E-state index < -0.39 is 5.97 Å². The average molecular weight is 396 g/mol. The van der Waals surface area contributed by atoms with Gasteiger partial charge in [-0.2, -0.15) is 0 Å². The third kappa shape index (κ3) is 4.92. The van der Waals surface area contributed by atoms with Crippen LogP contribution in [0.3, 0.4) is 0 Å². The molecule has 0 atom stereocenters. The van der Waals surface area contributed by atoms with E-state index in [0.717, 1.165) is 5.56 Å². The fraction of sp³-hybridized carbons (Fsp3) is 0.190. The first-order valence-electron chi connectivity index (χ1n) is 8.79. The minimum atomic E-state index is -0.638. The Morgan fingerprint density at radius 1 is 1.24 bits per heavy atom. The molecule has 0 bridgehead atoms. The van der Waals surface area contributed by atoms with Crippen LogP contribution in [0.15, 0.2) is 69.1 Å². The number of furan rings is 1. The second kappa shape index (κ2) is 8.92. The molecule has 2 N–H and O–H groups in total. The lowest BCUT2D eigenvalue weighted by Crippen LogP contribution is -2.28. The highest BCUT2D eigenvalue weighted by molar-refractivity contribution is 6.21. The molecule has 0 saturated carbocycles. The number of nitrogens with one attached hydrogen (secondary N) is 1. The van der Waals surface area contributed by atoms with Gasteiger partial charge in [-0.05, 0) is 42.8 Å². The third-order valence-corrected chi connectivity index (χ3v) is 4.11. The number of carbonyl (C=O) groups excluding carboxylic acids is 2. The third-order valence-electron chi connectivity index (χ3n) is 4.11. The van der Waals surface area contributed by atoms with Gasteiger partial charge in [0.15, 0.2) is 12.4 Å². The predicted molar refractivity (Wildman–Crippen MR) is 105 cm³/mol. The number of hydrogen-bond donors (Lipinski definition) is 2. The van der Waals surface area contributed by atoms with Gasteiger partial charge in [0.2, 0.25) is 0 Å². The largest absolute Gasteiger partial charge is 0.505 e. The molecule has 2 heterocycles. The van der Waals surface area contributed by atoms with Crippen LogP contribution in [-0.2, 0) is 20.9 Å². The molecule has 1 aromatic heterocycles. The lowest BCUT2D eigenvalue weighted by atomic mass is 10.1. The number of rotatable bonds is 7. The van der Waals surface area contributed by atoms with Gasteiger partial charge >= 0.3 is 5.97 Å². The molecule has 8 heteroatoms. The lowest BCUT2D eigenvalue weighted by molar-refractivity contribution is -0.135. The van der Waals surface area contributed by atoms with Gasteiger partial charge < -0.3 is 24.3 Å². The molecule has 2 aromatic rings. The van der Waals surface area contributed by atoms with Crippen molar-refractivity contribution in [2.75, 3.05) is 13.7 Å². The zero-order valence-corrected chi connectivity index (χ0v) is 16.0. The van der Waals surface area contributed by atoms with E-state index >= 15 is 0 Å². The number of methoxy groups -OCH3 is 1. The fourth-order valence-electron chi connectivity index (χ4n) is 2.65. The highest BCUT2D eigenvalue weighted by atomic mass is 16.5. The van der Waals surface area contributed by atoms with Crippen LogP contribution in [0.1, 0.15) is 18.2 Å². The van der Waals surface area contributed by atoms with Crippen molar-refractivity contribution in [3.63, 3.8) is 0 Å². The fourth-order valence-corrected chi connectivity index (χ4v) is 2.65. The maximum absolute atomic E-state index is 11.8. The molecule has 3 rings (SSSR count). The van der Waals surface area contributed by atoms with Crippen LogP contribution in [0.2, 0.25) is 0 Å². The van der Waals surface area contributed by atoms with E-state index in [2.05, 4.69) is 15.0 Å². The molecule has 0 spiro atoms. The molecule has 1 aliphatic rings. The Bertz CT molecular complexity index is 985. The summed E-state index contributed by atoms with van der Waals surface area (Å²) in [5.41, 5.74) is 1.46. The van der Waals surface area contributed by atoms with Crippen LogP contribution in [-0.4, -0.2) is 36.4 Å². The Morgan fingerprint density at radius 3 is 2.66 bits per heavy atom. The molecule has 1 amide bonds. The molecule has 0 unspecified atom stereocenters. The van der Waals surface area contributed by atoms with Gasteiger partial charge in [0.05, 0.1) is 25.6 Å². The number of aliphatic imine (C=N–C) groups is 1. The summed E-state index contributed by atoms with van der Waals surface area (Å²) in [6, 6.07) is 10.4. The van der Waals surface area contributed by atoms with Crippen molar-refractivity contribution in [1.82, 2.24) is 5.32 Å². The first-order chi connectivity index (χ1) is 14.0. The predicted octanol–water partition coefficient (Wildman–Crippen LogP) is 2.78. The summed E-state index contributed by atoms with van der Waals surface area (Å²) in [6.45, 7) is 1.79. The van der Waals surface area contributed by atoms with Crippen LogP contribution in [0.5, 0.6) is 5.75 Å². The van der Waals surface area contributed by atoms with Gasteiger partial charge in [0, 0.05) is 0 Å². The second-order valence-electron chi connectivity index (χ2n) is 6.16. The number of amides is 1. The topological polar surface area (TPSA) is 110 Å². The molecule has 0 aliphatic carbocycles. The van der Waals surface area contributed by atoms with Crippen molar-refractivity contribution in [3.8, 4) is 5.75 Å². The first-order valence-corrected chi connectivity index (χ1v) is 8.79. The molecule has 0 saturated heterocycles. The maximum atomic E-state index is 11.8. The molecule has 150 valence electrons. The summed E-state index contributed by atoms with van der Waals surface area (Å²) in [5, 5.41) is 12.9. The van der Waals surface area contributed by atoms with Crippen molar-refractivity contribution in [1.29, 1.82) is 0 Å². The van der Waals surface area contributed by atoms with Crippen LogP contribution < -0.4 is 10.1 Å². The normalized spacial score (nSPS) is 14.7. The van der Waals surface area contributed by atoms with Crippen molar-refractivity contribution in [2.24, 2.45) is 4.99 Å². The number of aliphatic hydroxyl groups is 1. The van der Waals surface area contributed by atoms with E-state index in [-0.39, 0.29) is 29.5 Å². The number of hydrogen-bond acceptors (Lipinski definition) is 7. The summed E-state index contributed by atoms with van der Waals surface area (Å²) < 4.78 is 15.2. The maximum Gasteiger partial charge on any atom is 0.343 e. The van der Waals surface area contributed by atoms with Crippen molar-refractivity contribution in [3.05, 3.63) is 71.0 Å². The Hall–Kier alpha value is -3.81. The molecular weight excluding hydrogens is 376 g/mol. The zero-order chi connectivity index (χ0) is 20.8. The summed E-state index contributed by atoms with van der Waals surface area (Å²) >= 11 is 0. The Labute approximate surface area is 167 Å². The molecule has 29 heavy (non-hydrogen) atoms. The standard InChI is InChI=1S/C21H20N2O6/c1-13-19(21(26)27-2)20(25)17(23-13)10-14-5-7-15(8-6-14)29-12-18(24)22-11-16-4-3-9-28-16/h3-10,25H,11-12H2,1-2H3,(H,22,24)/b17-10-. The number of nitrogens with zero attached hydrogens (tertiary/aromatic N) is 1. The second-order valence-corrected chi connectivity index (χ2v) is 6.16. The van der Waals surface area contributed by atoms with E-state index in [9.17, 15) is 14.7 Å². The molecule has 1 aliphatic heterocycles. The average Bonchev–Trinajstić information content (AvgIpc) is 3.33. The highest BCUT2D eigenvalue weighted by Gasteiger charge is 2.27. The monoisotopic (exact) mass is 396 g/mol. The van der Waals surface area contributed by atoms with Crippen LogP contribution >= 0.6 is 0 Å². The van der Waals surface area contributed by atoms with E-state index in [0.29, 0.717) is 23.8 Å². The van der Waals surface area contributed by atoms with E-state index in [4.69, 9.17) is 9.15 Å². The number of esters is 1. The van der Waals surface area contributed by atoms with Crippen molar-refractivity contribution in [2.45, 2.75) is 13.5 Å². The Kier molecular flexibility index (Phi) is 6.13. The molecule has 0 fully saturated rings. The van der Waals surface area contributed by atoms with Gasteiger partial charge in [-0.25, -0.2) is 9.79 Å². The van der Waals surface area contributed by atoms with E-state index in [1.54, 1.807) is 55.7 Å². The van der Waals surface area contributed by atoms with Crippen molar-refractivity contribution >= 4 is 23.7 Å². The van der Waals surface area contributed by atoms with E-state index in [1.807, 2.05) is 0 Å². The van der Waals surface area contributed by atoms with Gasteiger partial charge in [0.1, 0.15) is 22.8 Å². The summed E-state index contributed by atoms with van der Waals surface area (Å²) in [4.78, 5) is 27.7. The quantitative estimate of drug-likeness (QED) is 0.697. The molecular formula is C21H20N2O6. The minimum Gasteiger partial charge on any atom is -0.505 e. The van der Waals surface area contributed by atoms with Gasteiger partial charge in [-0.1, -0.05) is 12.1 Å². The number of aliphatic hydroxyl groups excluding tert-OH is 1. The summed E-state index contributed by atoms with van der Waals surface area (Å²) in [5.74, 6) is 0.0486. The Morgan fingerprint density at radius 2 is 2.00 bits per heavy atom. The minimum absolute atomic E-state index is 0.0549. The Balaban J connectivity index is 1.58. The van der Waals surface area contributed by atoms with Crippen molar-refractivity contribution < 1.29 is 28.6 Å². The van der Waals surface area contributed by atoms with Crippen LogP contribution in [0.25, 0.3) is 6.08 Å². The van der Waals surface area contributed by atoms with Crippen LogP contribution in [0.4, 0.5) is 0 Å². The molecule has 1 aromatic carbocycles. The highest BCUT2D eigenvalue weighted by Crippen LogP contribution is 2.26. The zero-order valence-electron chi connectivity index (χ0n) is 16.0.